The van der Waals surface area contributed by atoms with Gasteiger partial charge in [0, 0.05) is 25.5 Å². The first-order chi connectivity index (χ1) is 13.3. The van der Waals surface area contributed by atoms with Crippen molar-refractivity contribution in [3.05, 3.63) is 12.4 Å². The summed E-state index contributed by atoms with van der Waals surface area (Å²) in [6.45, 7) is 9.43. The van der Waals surface area contributed by atoms with Crippen LogP contribution < -0.4 is 0 Å². The Balaban J connectivity index is 2.01. The highest BCUT2D eigenvalue weighted by atomic mass is 15.4. The second-order valence-corrected chi connectivity index (χ2v) is 8.61. The molecule has 1 atom stereocenters. The average molecular weight is 379 g/mol. The van der Waals surface area contributed by atoms with Crippen molar-refractivity contribution in [1.29, 1.82) is 0 Å². The molecule has 1 aliphatic heterocycles. The number of nitrogens with zero attached hydrogens (tertiary/aromatic N) is 2. The van der Waals surface area contributed by atoms with Gasteiger partial charge in [0.1, 0.15) is 6.17 Å². The molecule has 0 radical (unpaired) electrons. The minimum absolute atomic E-state index is 0.624. The van der Waals surface area contributed by atoms with E-state index in [1.54, 1.807) is 0 Å². The molecule has 0 fully saturated rings. The minimum atomic E-state index is 0.624. The van der Waals surface area contributed by atoms with Crippen LogP contribution in [0, 0.1) is 0 Å². The van der Waals surface area contributed by atoms with Gasteiger partial charge in [0.2, 0.25) is 0 Å². The third-order valence-electron chi connectivity index (χ3n) is 6.12. The second kappa shape index (κ2) is 17.4. The van der Waals surface area contributed by atoms with Gasteiger partial charge in [-0.1, -0.05) is 111 Å². The van der Waals surface area contributed by atoms with Crippen LogP contribution in [0.1, 0.15) is 130 Å². The zero-order chi connectivity index (χ0) is 19.6. The van der Waals surface area contributed by atoms with Crippen LogP contribution in [0.3, 0.4) is 0 Å². The molecule has 0 amide bonds. The maximum absolute atomic E-state index is 2.60. The molecular weight excluding hydrogens is 328 g/mol. The van der Waals surface area contributed by atoms with Crippen molar-refractivity contribution >= 4 is 0 Å². The van der Waals surface area contributed by atoms with Crippen LogP contribution in [0.5, 0.6) is 0 Å². The Bertz CT molecular complexity index is 339. The summed E-state index contributed by atoms with van der Waals surface area (Å²) >= 11 is 0. The number of hydrogen-bond acceptors (Lipinski definition) is 2. The van der Waals surface area contributed by atoms with Crippen LogP contribution >= 0.6 is 0 Å². The minimum Gasteiger partial charge on any atom is -0.356 e. The number of unbranched alkanes of at least 4 members (excludes halogenated alkanes) is 14. The summed E-state index contributed by atoms with van der Waals surface area (Å²) < 4.78 is 0. The van der Waals surface area contributed by atoms with Crippen LogP contribution in [0.2, 0.25) is 0 Å². The number of rotatable bonds is 19. The fourth-order valence-electron chi connectivity index (χ4n) is 4.33. The van der Waals surface area contributed by atoms with Gasteiger partial charge < -0.3 is 9.80 Å². The fraction of sp³-hybridized carbons (Fsp3) is 0.920. The lowest BCUT2D eigenvalue weighted by Crippen LogP contribution is -2.38. The van der Waals surface area contributed by atoms with E-state index < -0.39 is 0 Å². The van der Waals surface area contributed by atoms with E-state index in [-0.39, 0.29) is 0 Å². The molecule has 0 spiro atoms. The first-order valence-electron chi connectivity index (χ1n) is 12.5. The van der Waals surface area contributed by atoms with Gasteiger partial charge in [0.25, 0.3) is 0 Å². The van der Waals surface area contributed by atoms with Crippen LogP contribution in [0.4, 0.5) is 0 Å². The van der Waals surface area contributed by atoms with E-state index >= 15 is 0 Å². The molecule has 1 aliphatic rings. The first-order valence-corrected chi connectivity index (χ1v) is 12.5. The maximum Gasteiger partial charge on any atom is 0.100 e. The van der Waals surface area contributed by atoms with Gasteiger partial charge in [-0.2, -0.15) is 0 Å². The molecule has 0 saturated carbocycles. The Hall–Kier alpha value is -0.660. The van der Waals surface area contributed by atoms with Gasteiger partial charge in [0.05, 0.1) is 0 Å². The predicted molar refractivity (Wildman–Crippen MR) is 122 cm³/mol. The van der Waals surface area contributed by atoms with Gasteiger partial charge in [-0.3, -0.25) is 0 Å². The van der Waals surface area contributed by atoms with E-state index in [4.69, 9.17) is 0 Å². The van der Waals surface area contributed by atoms with E-state index in [2.05, 4.69) is 43.0 Å². The molecule has 1 heterocycles. The molecule has 0 aromatic heterocycles. The molecule has 1 unspecified atom stereocenters. The summed E-state index contributed by atoms with van der Waals surface area (Å²) in [5, 5.41) is 0. The first kappa shape index (κ1) is 24.4. The van der Waals surface area contributed by atoms with E-state index in [1.165, 1.54) is 122 Å². The molecule has 0 aromatic rings. The van der Waals surface area contributed by atoms with Crippen molar-refractivity contribution in [2.45, 2.75) is 136 Å². The lowest BCUT2D eigenvalue weighted by atomic mass is 10.1. The molecular formula is C25H50N2. The monoisotopic (exact) mass is 378 g/mol. The molecule has 0 N–H and O–H groups in total. The van der Waals surface area contributed by atoms with Crippen LogP contribution in [-0.2, 0) is 0 Å². The Morgan fingerprint density at radius 3 is 1.15 bits per heavy atom. The molecule has 1 rings (SSSR count). The van der Waals surface area contributed by atoms with E-state index in [0.717, 1.165) is 0 Å². The molecule has 160 valence electrons. The summed E-state index contributed by atoms with van der Waals surface area (Å²) in [5.41, 5.74) is 0. The largest absolute Gasteiger partial charge is 0.356 e. The molecule has 27 heavy (non-hydrogen) atoms. The lowest BCUT2D eigenvalue weighted by Gasteiger charge is -2.32. The van der Waals surface area contributed by atoms with Crippen molar-refractivity contribution in [3.63, 3.8) is 0 Å². The van der Waals surface area contributed by atoms with Crippen molar-refractivity contribution in [1.82, 2.24) is 9.80 Å². The zero-order valence-corrected chi connectivity index (χ0v) is 19.1. The normalized spacial score (nSPS) is 16.6. The summed E-state index contributed by atoms with van der Waals surface area (Å²) in [7, 11) is 0. The summed E-state index contributed by atoms with van der Waals surface area (Å²) in [6.07, 6.45) is 29.2. The van der Waals surface area contributed by atoms with Gasteiger partial charge in [-0.25, -0.2) is 0 Å². The van der Waals surface area contributed by atoms with Crippen molar-refractivity contribution in [2.24, 2.45) is 0 Å². The summed E-state index contributed by atoms with van der Waals surface area (Å²) in [6, 6.07) is 0. The fourth-order valence-corrected chi connectivity index (χ4v) is 4.33. The average Bonchev–Trinajstić information content (AvgIpc) is 3.07. The summed E-state index contributed by atoms with van der Waals surface area (Å²) in [5.74, 6) is 0. The summed E-state index contributed by atoms with van der Waals surface area (Å²) in [4.78, 5) is 5.19. The highest BCUT2D eigenvalue weighted by molar-refractivity contribution is 4.96. The SMILES string of the molecule is CCCCCCCCCCCCN1C=CN(CCCCCCCC)C1CC. The van der Waals surface area contributed by atoms with Crippen LogP contribution in [0.15, 0.2) is 12.4 Å². The third-order valence-corrected chi connectivity index (χ3v) is 6.12. The number of hydrogen-bond donors (Lipinski definition) is 0. The van der Waals surface area contributed by atoms with Crippen molar-refractivity contribution in [2.75, 3.05) is 13.1 Å². The topological polar surface area (TPSA) is 6.48 Å². The Morgan fingerprint density at radius 2 is 0.815 bits per heavy atom. The van der Waals surface area contributed by atoms with Gasteiger partial charge in [0.15, 0.2) is 0 Å². The van der Waals surface area contributed by atoms with Gasteiger partial charge in [-0.15, -0.1) is 0 Å². The van der Waals surface area contributed by atoms with E-state index in [0.29, 0.717) is 6.17 Å². The maximum atomic E-state index is 2.60. The molecule has 2 heteroatoms. The van der Waals surface area contributed by atoms with Crippen molar-refractivity contribution in [3.8, 4) is 0 Å². The Morgan fingerprint density at radius 1 is 0.481 bits per heavy atom. The van der Waals surface area contributed by atoms with E-state index in [9.17, 15) is 0 Å². The molecule has 0 aliphatic carbocycles. The standard InChI is InChI=1S/C25H50N2/c1-4-7-9-11-13-14-15-16-18-20-22-27-24-23-26(25(27)6-3)21-19-17-12-10-8-5-2/h23-25H,4-22H2,1-3H3. The predicted octanol–water partition coefficient (Wildman–Crippen LogP) is 8.09. The Kier molecular flexibility index (Phi) is 15.7. The second-order valence-electron chi connectivity index (χ2n) is 8.61. The van der Waals surface area contributed by atoms with Crippen LogP contribution in [0.25, 0.3) is 0 Å². The smallest absolute Gasteiger partial charge is 0.100 e. The molecule has 2 nitrogen and oxygen atoms in total. The van der Waals surface area contributed by atoms with Gasteiger partial charge in [-0.05, 0) is 19.3 Å². The van der Waals surface area contributed by atoms with Gasteiger partial charge >= 0.3 is 0 Å². The molecule has 0 bridgehead atoms. The Labute approximate surface area is 171 Å². The van der Waals surface area contributed by atoms with Crippen molar-refractivity contribution < 1.29 is 0 Å². The van der Waals surface area contributed by atoms with E-state index in [1.807, 2.05) is 0 Å². The highest BCUT2D eigenvalue weighted by Gasteiger charge is 2.23. The molecule has 0 aromatic carbocycles. The van der Waals surface area contributed by atoms with Crippen LogP contribution in [-0.4, -0.2) is 29.1 Å². The quantitative estimate of drug-likeness (QED) is 0.209. The zero-order valence-electron chi connectivity index (χ0n) is 19.1. The highest BCUT2D eigenvalue weighted by Crippen LogP contribution is 2.21. The third kappa shape index (κ3) is 11.7. The lowest BCUT2D eigenvalue weighted by molar-refractivity contribution is 0.144. The molecule has 0 saturated heterocycles.